The number of nitrogens with zero attached hydrogens (tertiary/aromatic N) is 3. The molecule has 21 heavy (non-hydrogen) atoms. The number of hydrogen-bond donors (Lipinski definition) is 2. The summed E-state index contributed by atoms with van der Waals surface area (Å²) in [5.41, 5.74) is 0.445. The lowest BCUT2D eigenvalue weighted by Crippen LogP contribution is -2.13. The van der Waals surface area contributed by atoms with E-state index in [0.717, 1.165) is 16.6 Å². The molecule has 2 heterocycles. The van der Waals surface area contributed by atoms with Crippen LogP contribution in [0.25, 0.3) is 10.8 Å². The standard InChI is InChI=1S/C14H13N5O2/c1-8-18-19-14(21-8)17-13(20)11-7-16-12(15-2)10-6-4-3-5-9(10)11/h3-7H,1-2H3,(H,15,16)(H,17,19,20). The molecule has 3 rings (SSSR count). The molecule has 2 N–H and O–H groups in total. The van der Waals surface area contributed by atoms with Gasteiger partial charge in [-0.1, -0.05) is 29.4 Å². The highest BCUT2D eigenvalue weighted by Crippen LogP contribution is 2.24. The van der Waals surface area contributed by atoms with Gasteiger partial charge in [-0.25, -0.2) is 4.98 Å². The van der Waals surface area contributed by atoms with Crippen molar-refractivity contribution in [2.45, 2.75) is 6.92 Å². The van der Waals surface area contributed by atoms with Crippen molar-refractivity contribution >= 4 is 28.5 Å². The number of rotatable bonds is 3. The minimum Gasteiger partial charge on any atom is -0.408 e. The molecule has 2 aromatic heterocycles. The van der Waals surface area contributed by atoms with E-state index in [1.807, 2.05) is 24.3 Å². The van der Waals surface area contributed by atoms with Gasteiger partial charge in [0.15, 0.2) is 0 Å². The predicted molar refractivity (Wildman–Crippen MR) is 78.3 cm³/mol. The van der Waals surface area contributed by atoms with Crippen LogP contribution in [0.15, 0.2) is 34.9 Å². The molecule has 0 aliphatic carbocycles. The Labute approximate surface area is 120 Å². The summed E-state index contributed by atoms with van der Waals surface area (Å²) < 4.78 is 5.15. The molecule has 0 spiro atoms. The smallest absolute Gasteiger partial charge is 0.322 e. The Morgan fingerprint density at radius 2 is 1.95 bits per heavy atom. The average molecular weight is 283 g/mol. The zero-order valence-corrected chi connectivity index (χ0v) is 11.5. The summed E-state index contributed by atoms with van der Waals surface area (Å²) in [7, 11) is 1.79. The zero-order valence-electron chi connectivity index (χ0n) is 11.5. The van der Waals surface area contributed by atoms with Crippen molar-refractivity contribution in [2.24, 2.45) is 0 Å². The van der Waals surface area contributed by atoms with E-state index in [2.05, 4.69) is 25.8 Å². The molecule has 3 aromatic rings. The molecule has 0 atom stereocenters. The van der Waals surface area contributed by atoms with Crippen LogP contribution in [-0.2, 0) is 0 Å². The molecule has 106 valence electrons. The number of nitrogens with one attached hydrogen (secondary N) is 2. The fourth-order valence-corrected chi connectivity index (χ4v) is 2.08. The van der Waals surface area contributed by atoms with E-state index in [0.29, 0.717) is 11.5 Å². The maximum Gasteiger partial charge on any atom is 0.322 e. The highest BCUT2D eigenvalue weighted by molar-refractivity contribution is 6.13. The first-order valence-electron chi connectivity index (χ1n) is 6.36. The number of fused-ring (bicyclic) bond motifs is 1. The Bertz CT molecular complexity index is 812. The van der Waals surface area contributed by atoms with Gasteiger partial charge in [0.1, 0.15) is 5.82 Å². The summed E-state index contributed by atoms with van der Waals surface area (Å²) in [5.74, 6) is 0.764. The molecular formula is C14H13N5O2. The van der Waals surface area contributed by atoms with Crippen molar-refractivity contribution in [2.75, 3.05) is 17.7 Å². The number of benzene rings is 1. The molecule has 1 amide bonds. The highest BCUT2D eigenvalue weighted by Gasteiger charge is 2.15. The van der Waals surface area contributed by atoms with Gasteiger partial charge in [0.2, 0.25) is 5.89 Å². The first kappa shape index (κ1) is 13.0. The normalized spacial score (nSPS) is 10.6. The van der Waals surface area contributed by atoms with Crippen molar-refractivity contribution in [3.8, 4) is 0 Å². The number of aryl methyl sites for hydroxylation is 1. The molecule has 0 radical (unpaired) electrons. The molecule has 0 saturated heterocycles. The fraction of sp³-hybridized carbons (Fsp3) is 0.143. The monoisotopic (exact) mass is 283 g/mol. The van der Waals surface area contributed by atoms with Gasteiger partial charge in [0.25, 0.3) is 5.91 Å². The first-order valence-corrected chi connectivity index (χ1v) is 6.36. The van der Waals surface area contributed by atoms with Crippen LogP contribution in [0.4, 0.5) is 11.8 Å². The number of amides is 1. The number of hydrogen-bond acceptors (Lipinski definition) is 6. The second kappa shape index (κ2) is 5.20. The van der Waals surface area contributed by atoms with E-state index >= 15 is 0 Å². The van der Waals surface area contributed by atoms with Crippen molar-refractivity contribution in [1.82, 2.24) is 15.2 Å². The Morgan fingerprint density at radius 3 is 2.62 bits per heavy atom. The Hall–Kier alpha value is -2.96. The molecule has 7 nitrogen and oxygen atoms in total. The number of pyridine rings is 1. The molecular weight excluding hydrogens is 270 g/mol. The van der Waals surface area contributed by atoms with Crippen LogP contribution in [-0.4, -0.2) is 28.1 Å². The maximum absolute atomic E-state index is 12.3. The lowest BCUT2D eigenvalue weighted by molar-refractivity contribution is 0.102. The quantitative estimate of drug-likeness (QED) is 0.765. The van der Waals surface area contributed by atoms with Gasteiger partial charge in [-0.3, -0.25) is 10.1 Å². The number of carbonyl (C=O) groups is 1. The van der Waals surface area contributed by atoms with E-state index in [1.165, 1.54) is 6.20 Å². The van der Waals surface area contributed by atoms with Gasteiger partial charge < -0.3 is 9.73 Å². The summed E-state index contributed by atoms with van der Waals surface area (Å²) in [6.45, 7) is 1.65. The summed E-state index contributed by atoms with van der Waals surface area (Å²) in [4.78, 5) is 16.6. The van der Waals surface area contributed by atoms with Crippen LogP contribution in [0.1, 0.15) is 16.2 Å². The van der Waals surface area contributed by atoms with E-state index < -0.39 is 0 Å². The summed E-state index contributed by atoms with van der Waals surface area (Å²) in [6.07, 6.45) is 1.52. The average Bonchev–Trinajstić information content (AvgIpc) is 2.91. The van der Waals surface area contributed by atoms with Crippen LogP contribution >= 0.6 is 0 Å². The lowest BCUT2D eigenvalue weighted by atomic mass is 10.1. The van der Waals surface area contributed by atoms with E-state index in [1.54, 1.807) is 14.0 Å². The van der Waals surface area contributed by atoms with Crippen LogP contribution < -0.4 is 10.6 Å². The van der Waals surface area contributed by atoms with Gasteiger partial charge in [-0.15, -0.1) is 5.10 Å². The number of carbonyl (C=O) groups excluding carboxylic acids is 1. The van der Waals surface area contributed by atoms with Crippen LogP contribution in [0.2, 0.25) is 0 Å². The molecule has 0 aliphatic rings. The molecule has 7 heteroatoms. The van der Waals surface area contributed by atoms with E-state index in [-0.39, 0.29) is 11.9 Å². The maximum atomic E-state index is 12.3. The van der Waals surface area contributed by atoms with Gasteiger partial charge in [-0.2, -0.15) is 0 Å². The van der Waals surface area contributed by atoms with Gasteiger partial charge >= 0.3 is 6.01 Å². The minimum atomic E-state index is -0.343. The summed E-state index contributed by atoms with van der Waals surface area (Å²) >= 11 is 0. The lowest BCUT2D eigenvalue weighted by Gasteiger charge is -2.09. The minimum absolute atomic E-state index is 0.0688. The van der Waals surface area contributed by atoms with Crippen LogP contribution in [0.3, 0.4) is 0 Å². The van der Waals surface area contributed by atoms with Crippen LogP contribution in [0.5, 0.6) is 0 Å². The first-order chi connectivity index (χ1) is 10.2. The Balaban J connectivity index is 2.02. The number of anilines is 2. The third kappa shape index (κ3) is 2.40. The Kier molecular flexibility index (Phi) is 3.23. The van der Waals surface area contributed by atoms with Crippen LogP contribution in [0, 0.1) is 6.92 Å². The third-order valence-electron chi connectivity index (χ3n) is 3.02. The second-order valence-corrected chi connectivity index (χ2v) is 4.40. The fourth-order valence-electron chi connectivity index (χ4n) is 2.08. The summed E-state index contributed by atoms with van der Waals surface area (Å²) in [5, 5.41) is 14.7. The largest absolute Gasteiger partial charge is 0.408 e. The molecule has 1 aromatic carbocycles. The summed E-state index contributed by atoms with van der Waals surface area (Å²) in [6, 6.07) is 7.61. The van der Waals surface area contributed by atoms with Gasteiger partial charge in [-0.05, 0) is 5.39 Å². The van der Waals surface area contributed by atoms with Crippen molar-refractivity contribution < 1.29 is 9.21 Å². The SMILES string of the molecule is CNc1ncc(C(=O)Nc2nnc(C)o2)c2ccccc12. The van der Waals surface area contributed by atoms with Gasteiger partial charge in [0.05, 0.1) is 5.56 Å². The Morgan fingerprint density at radius 1 is 1.19 bits per heavy atom. The van der Waals surface area contributed by atoms with Crippen molar-refractivity contribution in [3.05, 3.63) is 41.9 Å². The third-order valence-corrected chi connectivity index (χ3v) is 3.02. The van der Waals surface area contributed by atoms with Crippen molar-refractivity contribution in [1.29, 1.82) is 0 Å². The molecule has 0 saturated carbocycles. The molecule has 0 fully saturated rings. The molecule has 0 bridgehead atoms. The van der Waals surface area contributed by atoms with E-state index in [9.17, 15) is 4.79 Å². The van der Waals surface area contributed by atoms with E-state index in [4.69, 9.17) is 4.42 Å². The number of aromatic nitrogens is 3. The van der Waals surface area contributed by atoms with Crippen molar-refractivity contribution in [3.63, 3.8) is 0 Å². The molecule has 0 aliphatic heterocycles. The molecule has 0 unspecified atom stereocenters. The highest BCUT2D eigenvalue weighted by atomic mass is 16.4. The topological polar surface area (TPSA) is 92.9 Å². The van der Waals surface area contributed by atoms with Gasteiger partial charge in [0, 0.05) is 25.6 Å². The predicted octanol–water partition coefficient (Wildman–Crippen LogP) is 2.22. The second-order valence-electron chi connectivity index (χ2n) is 4.40. The zero-order chi connectivity index (χ0) is 14.8.